The van der Waals surface area contributed by atoms with E-state index in [0.29, 0.717) is 0 Å². The van der Waals surface area contributed by atoms with Crippen molar-refractivity contribution in [2.24, 2.45) is 0 Å². The Kier molecular flexibility index (Phi) is 2.51. The summed E-state index contributed by atoms with van der Waals surface area (Å²) < 4.78 is 0. The number of carbonyl (C=O) groups is 3. The number of aliphatic carboxylic acids is 2. The molecule has 3 N–H and O–H groups in total. The average molecular weight is 148 g/mol. The number of ketones is 1. The molecule has 0 aliphatic carbocycles. The van der Waals surface area contributed by atoms with Crippen LogP contribution in [-0.2, 0) is 14.4 Å². The van der Waals surface area contributed by atoms with E-state index in [4.69, 9.17) is 15.3 Å². The minimum absolute atomic E-state index is 1.74. The van der Waals surface area contributed by atoms with E-state index in [0.717, 1.165) is 0 Å². The highest BCUT2D eigenvalue weighted by atomic mass is 16.4. The maximum absolute atomic E-state index is 10.1. The van der Waals surface area contributed by atoms with Gasteiger partial charge < -0.3 is 15.3 Å². The topological polar surface area (TPSA) is 112 Å². The van der Waals surface area contributed by atoms with E-state index in [2.05, 4.69) is 0 Å². The molecule has 1 atom stereocenters. The van der Waals surface area contributed by atoms with Crippen LogP contribution in [0.2, 0.25) is 0 Å². The fourth-order valence-electron chi connectivity index (χ4n) is 0.229. The van der Waals surface area contributed by atoms with Crippen LogP contribution in [0, 0.1) is 0 Å². The first-order valence-corrected chi connectivity index (χ1v) is 2.15. The Balaban J connectivity index is 4.22. The first kappa shape index (κ1) is 8.57. The molecule has 0 aliphatic heterocycles. The third kappa shape index (κ3) is 1.82. The van der Waals surface area contributed by atoms with Crippen LogP contribution in [0.25, 0.3) is 0 Å². The van der Waals surface area contributed by atoms with Gasteiger partial charge in [-0.25, -0.2) is 9.59 Å². The zero-order valence-electron chi connectivity index (χ0n) is 4.64. The van der Waals surface area contributed by atoms with Crippen molar-refractivity contribution in [1.82, 2.24) is 0 Å². The zero-order chi connectivity index (χ0) is 8.31. The van der Waals surface area contributed by atoms with Gasteiger partial charge in [-0.3, -0.25) is 4.79 Å². The number of hydrogen-bond donors (Lipinski definition) is 3. The Labute approximate surface area is 54.7 Å². The molecule has 0 aromatic carbocycles. The first-order valence-electron chi connectivity index (χ1n) is 2.15. The maximum Gasteiger partial charge on any atom is 0.375 e. The molecule has 0 aliphatic rings. The van der Waals surface area contributed by atoms with Crippen molar-refractivity contribution in [2.75, 3.05) is 0 Å². The van der Waals surface area contributed by atoms with Crippen LogP contribution in [0.15, 0.2) is 0 Å². The van der Waals surface area contributed by atoms with Crippen molar-refractivity contribution in [3.8, 4) is 0 Å². The number of hydrogen-bond acceptors (Lipinski definition) is 4. The van der Waals surface area contributed by atoms with Gasteiger partial charge in [-0.1, -0.05) is 0 Å². The second kappa shape index (κ2) is 2.92. The zero-order valence-corrected chi connectivity index (χ0v) is 4.64. The third-order valence-corrected chi connectivity index (χ3v) is 0.693. The van der Waals surface area contributed by atoms with Crippen LogP contribution < -0.4 is 0 Å². The van der Waals surface area contributed by atoms with Crippen molar-refractivity contribution >= 4 is 17.7 Å². The van der Waals surface area contributed by atoms with Gasteiger partial charge in [0.2, 0.25) is 6.10 Å². The molecule has 1 unspecified atom stereocenters. The fourth-order valence-corrected chi connectivity index (χ4v) is 0.229. The van der Waals surface area contributed by atoms with Crippen LogP contribution >= 0.6 is 0 Å². The Bertz CT molecular complexity index is 182. The molecule has 10 heavy (non-hydrogen) atoms. The Morgan fingerprint density at radius 3 is 1.60 bits per heavy atom. The summed E-state index contributed by atoms with van der Waals surface area (Å²) in [5, 5.41) is 23.9. The molecular formula is C4H4O6. The molecule has 0 saturated carbocycles. The van der Waals surface area contributed by atoms with Gasteiger partial charge in [0, 0.05) is 0 Å². The van der Waals surface area contributed by atoms with Crippen LogP contribution in [-0.4, -0.2) is 39.1 Å². The predicted molar refractivity (Wildman–Crippen MR) is 26.3 cm³/mol. The summed E-state index contributed by atoms with van der Waals surface area (Å²) in [6.07, 6.45) is -2.46. The highest BCUT2D eigenvalue weighted by molar-refractivity contribution is 6.38. The molecular weight excluding hydrogens is 144 g/mol. The summed E-state index contributed by atoms with van der Waals surface area (Å²) in [5.74, 6) is -5.57. The van der Waals surface area contributed by atoms with Crippen molar-refractivity contribution < 1.29 is 29.7 Å². The molecule has 0 bridgehead atoms. The number of carboxylic acids is 2. The summed E-state index contributed by atoms with van der Waals surface area (Å²) >= 11 is 0. The molecule has 6 heteroatoms. The van der Waals surface area contributed by atoms with Crippen molar-refractivity contribution in [1.29, 1.82) is 0 Å². The summed E-state index contributed by atoms with van der Waals surface area (Å²) in [4.78, 5) is 29.4. The molecule has 6 nitrogen and oxygen atoms in total. The minimum Gasteiger partial charge on any atom is -0.479 e. The number of carboxylic acid groups (broad SMARTS) is 2. The second-order valence-electron chi connectivity index (χ2n) is 1.41. The lowest BCUT2D eigenvalue weighted by atomic mass is 10.2. The van der Waals surface area contributed by atoms with Gasteiger partial charge in [-0.05, 0) is 0 Å². The van der Waals surface area contributed by atoms with Gasteiger partial charge >= 0.3 is 11.9 Å². The lowest BCUT2D eigenvalue weighted by Crippen LogP contribution is -2.34. The van der Waals surface area contributed by atoms with Gasteiger partial charge in [0.05, 0.1) is 0 Å². The Morgan fingerprint density at radius 2 is 1.50 bits per heavy atom. The van der Waals surface area contributed by atoms with Crippen molar-refractivity contribution in [3.05, 3.63) is 0 Å². The normalized spacial score (nSPS) is 12.1. The lowest BCUT2D eigenvalue weighted by molar-refractivity contribution is -0.161. The predicted octanol–water partition coefficient (Wildman–Crippen LogP) is -1.91. The minimum atomic E-state index is -2.46. The molecule has 0 radical (unpaired) electrons. The molecule has 0 fully saturated rings. The molecule has 0 saturated heterocycles. The monoisotopic (exact) mass is 148 g/mol. The van der Waals surface area contributed by atoms with E-state index in [1.54, 1.807) is 0 Å². The highest BCUT2D eigenvalue weighted by Gasteiger charge is 2.28. The molecule has 0 heterocycles. The molecule has 0 aromatic rings. The average Bonchev–Trinajstić information content (AvgIpc) is 1.84. The summed E-state index contributed by atoms with van der Waals surface area (Å²) in [7, 11) is 0. The van der Waals surface area contributed by atoms with Gasteiger partial charge in [-0.2, -0.15) is 0 Å². The number of rotatable bonds is 3. The SMILES string of the molecule is O=C(O)C(=O)C(O)C(=O)O. The van der Waals surface area contributed by atoms with Crippen LogP contribution in [0.4, 0.5) is 0 Å². The van der Waals surface area contributed by atoms with Crippen LogP contribution in [0.5, 0.6) is 0 Å². The molecule has 0 spiro atoms. The third-order valence-electron chi connectivity index (χ3n) is 0.693. The smallest absolute Gasteiger partial charge is 0.375 e. The molecule has 0 rings (SSSR count). The van der Waals surface area contributed by atoms with Gasteiger partial charge in [0.1, 0.15) is 0 Å². The van der Waals surface area contributed by atoms with Crippen LogP contribution in [0.1, 0.15) is 0 Å². The van der Waals surface area contributed by atoms with Crippen molar-refractivity contribution in [2.45, 2.75) is 6.10 Å². The maximum atomic E-state index is 10.1. The molecule has 0 aromatic heterocycles. The van der Waals surface area contributed by atoms with E-state index in [1.807, 2.05) is 0 Å². The summed E-state index contributed by atoms with van der Waals surface area (Å²) in [5.41, 5.74) is 0. The Morgan fingerprint density at radius 1 is 1.10 bits per heavy atom. The number of Topliss-reactive ketones (excluding diaryl/α,β-unsaturated/α-hetero) is 1. The van der Waals surface area contributed by atoms with E-state index in [1.165, 1.54) is 0 Å². The number of aliphatic hydroxyl groups is 1. The lowest BCUT2D eigenvalue weighted by Gasteiger charge is -1.97. The largest absolute Gasteiger partial charge is 0.479 e. The number of carbonyl (C=O) groups excluding carboxylic acids is 1. The molecule has 0 amide bonds. The number of aliphatic hydroxyl groups excluding tert-OH is 1. The Hall–Kier alpha value is -1.43. The van der Waals surface area contributed by atoms with Crippen LogP contribution in [0.3, 0.4) is 0 Å². The van der Waals surface area contributed by atoms with Gasteiger partial charge in [0.15, 0.2) is 0 Å². The standard InChI is InChI=1S/C4H4O6/c5-1(3(7)8)2(6)4(9)10/h1,5H,(H,7,8)(H,9,10). The van der Waals surface area contributed by atoms with Crippen molar-refractivity contribution in [3.63, 3.8) is 0 Å². The summed E-state index contributed by atoms with van der Waals surface area (Å²) in [6.45, 7) is 0. The quantitative estimate of drug-likeness (QED) is 0.318. The second-order valence-corrected chi connectivity index (χ2v) is 1.41. The first-order chi connectivity index (χ1) is 4.46. The summed E-state index contributed by atoms with van der Waals surface area (Å²) in [6, 6.07) is 0. The van der Waals surface area contributed by atoms with E-state index >= 15 is 0 Å². The molecule has 56 valence electrons. The van der Waals surface area contributed by atoms with E-state index in [-0.39, 0.29) is 0 Å². The van der Waals surface area contributed by atoms with Gasteiger partial charge in [-0.15, -0.1) is 0 Å². The van der Waals surface area contributed by atoms with Gasteiger partial charge in [0.25, 0.3) is 5.78 Å². The van der Waals surface area contributed by atoms with E-state index < -0.39 is 23.8 Å². The fraction of sp³-hybridized carbons (Fsp3) is 0.250. The van der Waals surface area contributed by atoms with E-state index in [9.17, 15) is 14.4 Å². The highest BCUT2D eigenvalue weighted by Crippen LogP contribution is 1.85.